The van der Waals surface area contributed by atoms with E-state index in [1.807, 2.05) is 0 Å². The van der Waals surface area contributed by atoms with Crippen molar-refractivity contribution in [2.24, 2.45) is 0 Å². The van der Waals surface area contributed by atoms with Crippen LogP contribution in [-0.2, 0) is 4.79 Å². The molecule has 1 aromatic rings. The van der Waals surface area contributed by atoms with E-state index in [2.05, 4.69) is 15.6 Å². The molecule has 0 saturated carbocycles. The molecule has 0 unspecified atom stereocenters. The molecule has 0 aromatic carbocycles. The van der Waals surface area contributed by atoms with Crippen molar-refractivity contribution in [2.75, 3.05) is 18.4 Å². The van der Waals surface area contributed by atoms with Crippen molar-refractivity contribution in [1.29, 1.82) is 0 Å². The van der Waals surface area contributed by atoms with E-state index in [0.717, 1.165) is 0 Å². The maximum atomic E-state index is 10.5. The Morgan fingerprint density at radius 2 is 2.27 bits per heavy atom. The predicted octanol–water partition coefficient (Wildman–Crippen LogP) is 0.389. The highest BCUT2D eigenvalue weighted by atomic mass is 32.1. The molecular formula is C8H11N3O3S. The van der Waals surface area contributed by atoms with Crippen LogP contribution in [0.15, 0.2) is 5.38 Å². The molecule has 0 radical (unpaired) electrons. The van der Waals surface area contributed by atoms with Gasteiger partial charge in [-0.05, 0) is 0 Å². The van der Waals surface area contributed by atoms with Crippen LogP contribution in [0.2, 0.25) is 0 Å². The third kappa shape index (κ3) is 3.94. The molecule has 0 spiro atoms. The van der Waals surface area contributed by atoms with E-state index in [9.17, 15) is 9.59 Å². The van der Waals surface area contributed by atoms with Gasteiger partial charge in [-0.1, -0.05) is 0 Å². The van der Waals surface area contributed by atoms with Crippen LogP contribution in [-0.4, -0.2) is 35.1 Å². The monoisotopic (exact) mass is 229 g/mol. The number of rotatable bonds is 5. The Labute approximate surface area is 90.3 Å². The minimum absolute atomic E-state index is 0.0297. The summed E-state index contributed by atoms with van der Waals surface area (Å²) < 4.78 is 0. The zero-order valence-corrected chi connectivity index (χ0v) is 8.93. The number of thiazole rings is 1. The van der Waals surface area contributed by atoms with Crippen molar-refractivity contribution in [3.63, 3.8) is 0 Å². The normalized spacial score (nSPS) is 9.67. The van der Waals surface area contributed by atoms with E-state index in [4.69, 9.17) is 5.11 Å². The molecule has 0 saturated heterocycles. The molecule has 1 rings (SSSR count). The van der Waals surface area contributed by atoms with E-state index < -0.39 is 5.97 Å². The van der Waals surface area contributed by atoms with Crippen LogP contribution in [0.5, 0.6) is 0 Å². The lowest BCUT2D eigenvalue weighted by Gasteiger charge is -2.02. The van der Waals surface area contributed by atoms with Crippen LogP contribution >= 0.6 is 11.3 Å². The lowest BCUT2D eigenvalue weighted by atomic mass is 10.5. The average Bonchev–Trinajstić information content (AvgIpc) is 2.60. The van der Waals surface area contributed by atoms with Crippen molar-refractivity contribution >= 4 is 28.3 Å². The quantitative estimate of drug-likeness (QED) is 0.635. The van der Waals surface area contributed by atoms with Crippen molar-refractivity contribution in [3.8, 4) is 0 Å². The maximum absolute atomic E-state index is 10.5. The molecular weight excluding hydrogens is 218 g/mol. The topological polar surface area (TPSA) is 91.3 Å². The van der Waals surface area contributed by atoms with Gasteiger partial charge in [0.05, 0.1) is 0 Å². The number of carbonyl (C=O) groups is 2. The molecule has 82 valence electrons. The number of hydrogen-bond acceptors (Lipinski definition) is 5. The standard InChI is InChI=1S/C8H11N3O3S/c1-5(12)9-2-3-10-8-11-6(4-15-8)7(13)14/h4H,2-3H2,1H3,(H,9,12)(H,10,11)(H,13,14). The highest BCUT2D eigenvalue weighted by Crippen LogP contribution is 2.14. The molecule has 0 bridgehead atoms. The lowest BCUT2D eigenvalue weighted by molar-refractivity contribution is -0.118. The van der Waals surface area contributed by atoms with Gasteiger partial charge in [-0.2, -0.15) is 0 Å². The molecule has 1 heterocycles. The smallest absolute Gasteiger partial charge is 0.355 e. The first-order valence-corrected chi connectivity index (χ1v) is 5.14. The molecule has 15 heavy (non-hydrogen) atoms. The van der Waals surface area contributed by atoms with Crippen LogP contribution in [0.1, 0.15) is 17.4 Å². The first kappa shape index (κ1) is 11.4. The van der Waals surface area contributed by atoms with Crippen LogP contribution in [0.25, 0.3) is 0 Å². The molecule has 6 nitrogen and oxygen atoms in total. The van der Waals surface area contributed by atoms with Crippen molar-refractivity contribution in [3.05, 3.63) is 11.1 Å². The van der Waals surface area contributed by atoms with Gasteiger partial charge in [0.25, 0.3) is 0 Å². The second kappa shape index (κ2) is 5.30. The Balaban J connectivity index is 2.31. The summed E-state index contributed by atoms with van der Waals surface area (Å²) in [7, 11) is 0. The van der Waals surface area contributed by atoms with E-state index in [1.54, 1.807) is 0 Å². The fraction of sp³-hybridized carbons (Fsp3) is 0.375. The molecule has 7 heteroatoms. The number of amides is 1. The number of carboxylic acid groups (broad SMARTS) is 1. The third-order valence-electron chi connectivity index (χ3n) is 1.50. The first-order chi connectivity index (χ1) is 7.09. The van der Waals surface area contributed by atoms with E-state index >= 15 is 0 Å². The van der Waals surface area contributed by atoms with E-state index in [0.29, 0.717) is 18.2 Å². The SMILES string of the molecule is CC(=O)NCCNc1nc(C(=O)O)cs1. The van der Waals surface area contributed by atoms with Gasteiger partial charge in [0.1, 0.15) is 0 Å². The fourth-order valence-corrected chi connectivity index (χ4v) is 1.57. The highest BCUT2D eigenvalue weighted by molar-refractivity contribution is 7.13. The van der Waals surface area contributed by atoms with E-state index in [-0.39, 0.29) is 11.6 Å². The van der Waals surface area contributed by atoms with Gasteiger partial charge in [0.15, 0.2) is 10.8 Å². The minimum atomic E-state index is -1.04. The summed E-state index contributed by atoms with van der Waals surface area (Å²) in [6.45, 7) is 2.44. The Hall–Kier alpha value is -1.63. The second-order valence-corrected chi connectivity index (χ2v) is 3.61. The zero-order chi connectivity index (χ0) is 11.3. The summed E-state index contributed by atoms with van der Waals surface area (Å²) in [5.41, 5.74) is 0.0297. The number of anilines is 1. The molecule has 3 N–H and O–H groups in total. The van der Waals surface area contributed by atoms with Gasteiger partial charge < -0.3 is 15.7 Å². The van der Waals surface area contributed by atoms with Gasteiger partial charge in [0.2, 0.25) is 5.91 Å². The largest absolute Gasteiger partial charge is 0.476 e. The molecule has 0 aliphatic heterocycles. The van der Waals surface area contributed by atoms with Crippen molar-refractivity contribution < 1.29 is 14.7 Å². The summed E-state index contributed by atoms with van der Waals surface area (Å²) in [6, 6.07) is 0. The Kier molecular flexibility index (Phi) is 4.04. The van der Waals surface area contributed by atoms with Crippen molar-refractivity contribution in [2.45, 2.75) is 6.92 Å². The van der Waals surface area contributed by atoms with Crippen LogP contribution in [0, 0.1) is 0 Å². The van der Waals surface area contributed by atoms with Gasteiger partial charge in [-0.25, -0.2) is 9.78 Å². The van der Waals surface area contributed by atoms with Gasteiger partial charge >= 0.3 is 5.97 Å². The van der Waals surface area contributed by atoms with Gasteiger partial charge in [-0.15, -0.1) is 11.3 Å². The summed E-state index contributed by atoms with van der Waals surface area (Å²) in [5, 5.41) is 16.1. The van der Waals surface area contributed by atoms with Crippen LogP contribution in [0.3, 0.4) is 0 Å². The Bertz CT molecular complexity index is 364. The zero-order valence-electron chi connectivity index (χ0n) is 8.11. The Morgan fingerprint density at radius 1 is 1.53 bits per heavy atom. The first-order valence-electron chi connectivity index (χ1n) is 4.26. The number of aromatic carboxylic acids is 1. The van der Waals surface area contributed by atoms with Gasteiger partial charge in [-0.3, -0.25) is 4.79 Å². The molecule has 0 atom stereocenters. The fourth-order valence-electron chi connectivity index (χ4n) is 0.861. The lowest BCUT2D eigenvalue weighted by Crippen LogP contribution is -2.26. The molecule has 0 fully saturated rings. The van der Waals surface area contributed by atoms with E-state index in [1.165, 1.54) is 23.6 Å². The predicted molar refractivity (Wildman–Crippen MR) is 56.2 cm³/mol. The molecule has 0 aliphatic rings. The van der Waals surface area contributed by atoms with Crippen LogP contribution < -0.4 is 10.6 Å². The molecule has 1 aromatic heterocycles. The number of nitrogens with one attached hydrogen (secondary N) is 2. The van der Waals surface area contributed by atoms with Crippen molar-refractivity contribution in [1.82, 2.24) is 10.3 Å². The highest BCUT2D eigenvalue weighted by Gasteiger charge is 2.07. The molecule has 1 amide bonds. The number of hydrogen-bond donors (Lipinski definition) is 3. The van der Waals surface area contributed by atoms with Crippen LogP contribution in [0.4, 0.5) is 5.13 Å². The maximum Gasteiger partial charge on any atom is 0.355 e. The number of nitrogens with zero attached hydrogens (tertiary/aromatic N) is 1. The second-order valence-electron chi connectivity index (χ2n) is 2.75. The third-order valence-corrected chi connectivity index (χ3v) is 2.30. The summed E-state index contributed by atoms with van der Waals surface area (Å²) in [4.78, 5) is 24.8. The molecule has 0 aliphatic carbocycles. The summed E-state index contributed by atoms with van der Waals surface area (Å²) >= 11 is 1.22. The number of aromatic nitrogens is 1. The minimum Gasteiger partial charge on any atom is -0.476 e. The number of carbonyl (C=O) groups excluding carboxylic acids is 1. The number of carboxylic acids is 1. The van der Waals surface area contributed by atoms with Gasteiger partial charge in [0, 0.05) is 25.4 Å². The average molecular weight is 229 g/mol. The Morgan fingerprint density at radius 3 is 2.80 bits per heavy atom. The summed E-state index contributed by atoms with van der Waals surface area (Å²) in [6.07, 6.45) is 0. The summed E-state index contributed by atoms with van der Waals surface area (Å²) in [5.74, 6) is -1.14.